The molecule has 1 N–H and O–H groups in total. The van der Waals surface area contributed by atoms with Gasteiger partial charge in [0.05, 0.1) is 22.6 Å². The third kappa shape index (κ3) is 4.31. The molecule has 1 aromatic heterocycles. The van der Waals surface area contributed by atoms with E-state index in [2.05, 4.69) is 5.32 Å². The Morgan fingerprint density at radius 2 is 1.68 bits per heavy atom. The van der Waals surface area contributed by atoms with Crippen LogP contribution in [0, 0.1) is 20.8 Å². The van der Waals surface area contributed by atoms with Crippen LogP contribution in [0.3, 0.4) is 0 Å². The number of carbonyl (C=O) groups excluding carboxylic acids is 1. The molecule has 0 saturated carbocycles. The Balaban J connectivity index is 1.84. The van der Waals surface area contributed by atoms with E-state index in [1.54, 1.807) is 15.5 Å². The first-order valence-corrected chi connectivity index (χ1v) is 11.5. The number of carbonyl (C=O) groups is 1. The monoisotopic (exact) mass is 454 g/mol. The van der Waals surface area contributed by atoms with Crippen molar-refractivity contribution in [2.24, 2.45) is 0 Å². The molecule has 0 fully saturated rings. The van der Waals surface area contributed by atoms with Crippen LogP contribution in [0.4, 0.5) is 10.5 Å². The number of rotatable bonds is 5. The van der Waals surface area contributed by atoms with E-state index in [-0.39, 0.29) is 11.6 Å². The number of aryl methyl sites for hydroxylation is 3. The van der Waals surface area contributed by atoms with Crippen molar-refractivity contribution < 1.29 is 4.79 Å². The van der Waals surface area contributed by atoms with Crippen LogP contribution >= 0.6 is 0 Å². The molecular formula is C28H30N4O2. The molecule has 174 valence electrons. The van der Waals surface area contributed by atoms with Gasteiger partial charge in [-0.2, -0.15) is 0 Å². The van der Waals surface area contributed by atoms with Crippen LogP contribution in [-0.4, -0.2) is 27.0 Å². The Labute approximate surface area is 199 Å². The summed E-state index contributed by atoms with van der Waals surface area (Å²) in [5.74, 6) is 0.522. The van der Waals surface area contributed by atoms with Crippen LogP contribution in [0.2, 0.25) is 0 Å². The number of para-hydroxylation sites is 2. The van der Waals surface area contributed by atoms with Gasteiger partial charge in [0.1, 0.15) is 5.82 Å². The first-order chi connectivity index (χ1) is 16.3. The number of urea groups is 1. The lowest BCUT2D eigenvalue weighted by molar-refractivity contribution is 0.193. The Kier molecular flexibility index (Phi) is 6.50. The minimum atomic E-state index is -0.451. The molecule has 3 aromatic carbocycles. The van der Waals surface area contributed by atoms with E-state index in [1.165, 1.54) is 0 Å². The summed E-state index contributed by atoms with van der Waals surface area (Å²) >= 11 is 0. The van der Waals surface area contributed by atoms with Crippen LogP contribution < -0.4 is 10.9 Å². The highest BCUT2D eigenvalue weighted by molar-refractivity contribution is 5.90. The number of hydrogen-bond donors (Lipinski definition) is 1. The number of benzene rings is 3. The molecule has 0 bridgehead atoms. The summed E-state index contributed by atoms with van der Waals surface area (Å²) in [5.41, 5.74) is 5.18. The Morgan fingerprint density at radius 1 is 0.971 bits per heavy atom. The highest BCUT2D eigenvalue weighted by Crippen LogP contribution is 2.25. The first-order valence-electron chi connectivity index (χ1n) is 11.5. The Hall–Kier alpha value is -3.93. The smallest absolute Gasteiger partial charge is 0.315 e. The number of nitrogens with zero attached hydrogens (tertiary/aromatic N) is 3. The third-order valence-corrected chi connectivity index (χ3v) is 6.38. The van der Waals surface area contributed by atoms with Crippen LogP contribution in [0.5, 0.6) is 0 Å². The molecule has 2 amide bonds. The number of nitrogens with one attached hydrogen (secondary N) is 1. The summed E-state index contributed by atoms with van der Waals surface area (Å²) < 4.78 is 1.64. The molecule has 1 unspecified atom stereocenters. The van der Waals surface area contributed by atoms with E-state index in [0.717, 1.165) is 28.1 Å². The van der Waals surface area contributed by atoms with Gasteiger partial charge in [-0.3, -0.25) is 9.36 Å². The number of anilines is 1. The molecular weight excluding hydrogens is 424 g/mol. The van der Waals surface area contributed by atoms with Gasteiger partial charge in [-0.1, -0.05) is 36.4 Å². The molecule has 0 radical (unpaired) electrons. The van der Waals surface area contributed by atoms with E-state index < -0.39 is 6.04 Å². The van der Waals surface area contributed by atoms with Crippen LogP contribution in [0.1, 0.15) is 42.4 Å². The van der Waals surface area contributed by atoms with Gasteiger partial charge in [-0.15, -0.1) is 0 Å². The molecule has 0 aliphatic carbocycles. The second-order valence-electron chi connectivity index (χ2n) is 8.60. The molecule has 6 heteroatoms. The van der Waals surface area contributed by atoms with E-state index in [1.807, 2.05) is 95.3 Å². The van der Waals surface area contributed by atoms with Gasteiger partial charge in [-0.05, 0) is 81.6 Å². The van der Waals surface area contributed by atoms with Gasteiger partial charge in [0.25, 0.3) is 5.56 Å². The predicted octanol–water partition coefficient (Wildman–Crippen LogP) is 5.93. The highest BCUT2D eigenvalue weighted by atomic mass is 16.2. The van der Waals surface area contributed by atoms with E-state index in [0.29, 0.717) is 23.3 Å². The van der Waals surface area contributed by atoms with Crippen molar-refractivity contribution in [3.05, 3.63) is 99.6 Å². The van der Waals surface area contributed by atoms with Crippen molar-refractivity contribution in [3.8, 4) is 5.69 Å². The largest absolute Gasteiger partial charge is 0.322 e. The van der Waals surface area contributed by atoms with Crippen molar-refractivity contribution >= 4 is 22.6 Å². The molecule has 6 nitrogen and oxygen atoms in total. The van der Waals surface area contributed by atoms with E-state index in [4.69, 9.17) is 4.98 Å². The quantitative estimate of drug-likeness (QED) is 0.407. The molecule has 4 aromatic rings. The van der Waals surface area contributed by atoms with Crippen molar-refractivity contribution in [2.45, 2.75) is 40.7 Å². The van der Waals surface area contributed by atoms with Gasteiger partial charge >= 0.3 is 6.03 Å². The maximum atomic E-state index is 13.7. The number of hydrogen-bond acceptors (Lipinski definition) is 3. The summed E-state index contributed by atoms with van der Waals surface area (Å²) in [6.07, 6.45) is 0. The fourth-order valence-electron chi connectivity index (χ4n) is 4.18. The lowest BCUT2D eigenvalue weighted by Gasteiger charge is -2.30. The average Bonchev–Trinajstić information content (AvgIpc) is 2.83. The van der Waals surface area contributed by atoms with Crippen molar-refractivity contribution in [2.75, 3.05) is 11.9 Å². The van der Waals surface area contributed by atoms with E-state index in [9.17, 15) is 9.59 Å². The fourth-order valence-corrected chi connectivity index (χ4v) is 4.18. The maximum Gasteiger partial charge on any atom is 0.322 e. The lowest BCUT2D eigenvalue weighted by atomic mass is 10.1. The maximum absolute atomic E-state index is 13.7. The van der Waals surface area contributed by atoms with Crippen molar-refractivity contribution in [3.63, 3.8) is 0 Å². The zero-order valence-corrected chi connectivity index (χ0v) is 20.3. The zero-order valence-electron chi connectivity index (χ0n) is 20.3. The molecule has 1 atom stereocenters. The Morgan fingerprint density at radius 3 is 2.38 bits per heavy atom. The Bertz CT molecular complexity index is 1420. The molecule has 0 spiro atoms. The summed E-state index contributed by atoms with van der Waals surface area (Å²) in [4.78, 5) is 33.6. The van der Waals surface area contributed by atoms with Crippen LogP contribution in [-0.2, 0) is 0 Å². The number of aromatic nitrogens is 2. The van der Waals surface area contributed by atoms with E-state index >= 15 is 0 Å². The average molecular weight is 455 g/mol. The first kappa shape index (κ1) is 23.2. The zero-order chi connectivity index (χ0) is 24.4. The van der Waals surface area contributed by atoms with Crippen LogP contribution in [0.15, 0.2) is 71.5 Å². The standard InChI is InChI=1S/C28H30N4O2/c1-6-31(28(34)30-24-13-9-7-11-19(24)3)21(5)26-29-25-14-10-8-12-23(25)27(33)32(26)22-16-15-18(2)20(4)17-22/h7-17,21H,6H2,1-5H3,(H,30,34). The van der Waals surface area contributed by atoms with Crippen molar-refractivity contribution in [1.82, 2.24) is 14.5 Å². The minimum Gasteiger partial charge on any atom is -0.315 e. The van der Waals surface area contributed by atoms with Gasteiger partial charge in [0.2, 0.25) is 0 Å². The molecule has 0 aliphatic rings. The lowest BCUT2D eigenvalue weighted by Crippen LogP contribution is -2.39. The fraction of sp³-hybridized carbons (Fsp3) is 0.250. The predicted molar refractivity (Wildman–Crippen MR) is 138 cm³/mol. The van der Waals surface area contributed by atoms with Crippen LogP contribution in [0.25, 0.3) is 16.6 Å². The van der Waals surface area contributed by atoms with Gasteiger partial charge in [0, 0.05) is 12.2 Å². The summed E-state index contributed by atoms with van der Waals surface area (Å²) in [6, 6.07) is 20.2. The van der Waals surface area contributed by atoms with Gasteiger partial charge in [0.15, 0.2) is 0 Å². The second-order valence-corrected chi connectivity index (χ2v) is 8.60. The van der Waals surface area contributed by atoms with Gasteiger partial charge < -0.3 is 10.2 Å². The molecule has 0 aliphatic heterocycles. The van der Waals surface area contributed by atoms with Gasteiger partial charge in [-0.25, -0.2) is 9.78 Å². The minimum absolute atomic E-state index is 0.147. The summed E-state index contributed by atoms with van der Waals surface area (Å²) in [6.45, 7) is 10.3. The molecule has 1 heterocycles. The SMILES string of the molecule is CCN(C(=O)Nc1ccccc1C)C(C)c1nc2ccccc2c(=O)n1-c1ccc(C)c(C)c1. The summed E-state index contributed by atoms with van der Waals surface area (Å²) in [7, 11) is 0. The molecule has 34 heavy (non-hydrogen) atoms. The molecule has 0 saturated heterocycles. The van der Waals surface area contributed by atoms with Crippen molar-refractivity contribution in [1.29, 1.82) is 0 Å². The second kappa shape index (κ2) is 9.51. The number of fused-ring (bicyclic) bond motifs is 1. The number of amides is 2. The third-order valence-electron chi connectivity index (χ3n) is 6.38. The topological polar surface area (TPSA) is 67.2 Å². The molecule has 4 rings (SSSR count). The normalized spacial score (nSPS) is 11.9. The highest BCUT2D eigenvalue weighted by Gasteiger charge is 2.26. The summed E-state index contributed by atoms with van der Waals surface area (Å²) in [5, 5.41) is 3.56.